The van der Waals surface area contributed by atoms with Crippen molar-refractivity contribution in [2.24, 2.45) is 5.92 Å². The van der Waals surface area contributed by atoms with E-state index in [9.17, 15) is 5.11 Å². The molecule has 0 saturated carbocycles. The van der Waals surface area contributed by atoms with Crippen LogP contribution in [0, 0.1) is 5.92 Å². The lowest BCUT2D eigenvalue weighted by molar-refractivity contribution is -0.0147. The van der Waals surface area contributed by atoms with Gasteiger partial charge in [0, 0.05) is 29.3 Å². The lowest BCUT2D eigenvalue weighted by Gasteiger charge is -2.40. The molecule has 5 heteroatoms. The second-order valence-electron chi connectivity index (χ2n) is 7.01. The van der Waals surface area contributed by atoms with Crippen molar-refractivity contribution in [3.8, 4) is 11.5 Å². The van der Waals surface area contributed by atoms with Gasteiger partial charge in [-0.2, -0.15) is 0 Å². The zero-order valence-corrected chi connectivity index (χ0v) is 14.7. The third-order valence-electron chi connectivity index (χ3n) is 5.54. The van der Waals surface area contributed by atoms with Crippen molar-refractivity contribution in [2.75, 3.05) is 27.2 Å². The molecule has 0 radical (unpaired) electrons. The number of methoxy groups -OCH3 is 1. The van der Waals surface area contributed by atoms with Gasteiger partial charge in [-0.1, -0.05) is 6.07 Å². The second-order valence-corrected chi connectivity index (χ2v) is 7.01. The van der Waals surface area contributed by atoms with E-state index in [2.05, 4.69) is 16.9 Å². The summed E-state index contributed by atoms with van der Waals surface area (Å²) in [5.41, 5.74) is 1.32. The Morgan fingerprint density at radius 2 is 2.08 bits per heavy atom. The maximum Gasteiger partial charge on any atom is 0.138 e. The molecule has 1 atom stereocenters. The van der Waals surface area contributed by atoms with E-state index < -0.39 is 5.60 Å². The first-order valence-corrected chi connectivity index (χ1v) is 8.79. The van der Waals surface area contributed by atoms with Crippen LogP contribution in [0.15, 0.2) is 36.5 Å². The lowest BCUT2D eigenvalue weighted by atomic mass is 9.73. The van der Waals surface area contributed by atoms with Gasteiger partial charge in [0.15, 0.2) is 0 Å². The smallest absolute Gasteiger partial charge is 0.138 e. The van der Waals surface area contributed by atoms with Crippen LogP contribution in [0.5, 0.6) is 11.5 Å². The third-order valence-corrected chi connectivity index (χ3v) is 5.54. The van der Waals surface area contributed by atoms with Gasteiger partial charge in [0.25, 0.3) is 0 Å². The molecule has 132 valence electrons. The summed E-state index contributed by atoms with van der Waals surface area (Å²) in [7, 11) is 3.76. The lowest BCUT2D eigenvalue weighted by Crippen LogP contribution is -2.44. The van der Waals surface area contributed by atoms with Gasteiger partial charge in [-0.3, -0.25) is 4.98 Å². The molecular formula is C20H24N2O3. The predicted molar refractivity (Wildman–Crippen MR) is 94.8 cm³/mol. The number of aromatic nitrogens is 1. The van der Waals surface area contributed by atoms with Gasteiger partial charge in [-0.05, 0) is 51.2 Å². The van der Waals surface area contributed by atoms with Gasteiger partial charge in [-0.15, -0.1) is 0 Å². The van der Waals surface area contributed by atoms with Crippen LogP contribution in [0.1, 0.15) is 29.7 Å². The molecular weight excluding hydrogens is 316 g/mol. The maximum atomic E-state index is 12.0. The molecule has 2 aromatic rings. The quantitative estimate of drug-likeness (QED) is 0.911. The van der Waals surface area contributed by atoms with Crippen LogP contribution < -0.4 is 9.47 Å². The third kappa shape index (κ3) is 2.68. The Hall–Kier alpha value is -2.11. The zero-order chi connectivity index (χ0) is 17.4. The number of benzene rings is 1. The Bertz CT molecular complexity index is 771. The van der Waals surface area contributed by atoms with Crippen molar-refractivity contribution < 1.29 is 14.6 Å². The molecule has 4 rings (SSSR count). The summed E-state index contributed by atoms with van der Waals surface area (Å²) in [4.78, 5) is 6.90. The van der Waals surface area contributed by atoms with Gasteiger partial charge in [0.1, 0.15) is 23.7 Å². The number of fused-ring (bicyclic) bond motifs is 2. The van der Waals surface area contributed by atoms with E-state index in [-0.39, 0.29) is 5.92 Å². The van der Waals surface area contributed by atoms with E-state index in [1.165, 1.54) is 0 Å². The van der Waals surface area contributed by atoms with Crippen molar-refractivity contribution in [1.82, 2.24) is 9.88 Å². The van der Waals surface area contributed by atoms with E-state index in [0.717, 1.165) is 48.5 Å². The predicted octanol–water partition coefficient (Wildman–Crippen LogP) is 2.56. The van der Waals surface area contributed by atoms with E-state index in [0.29, 0.717) is 12.4 Å². The molecule has 2 aliphatic heterocycles. The highest BCUT2D eigenvalue weighted by Gasteiger charge is 2.46. The molecule has 25 heavy (non-hydrogen) atoms. The average molecular weight is 340 g/mol. The van der Waals surface area contributed by atoms with Crippen LogP contribution in [0.2, 0.25) is 0 Å². The zero-order valence-electron chi connectivity index (χ0n) is 14.7. The summed E-state index contributed by atoms with van der Waals surface area (Å²) in [6.07, 6.45) is 3.61. The minimum Gasteiger partial charge on any atom is -0.497 e. The Kier molecular flexibility index (Phi) is 4.13. The molecule has 0 bridgehead atoms. The SMILES string of the molecule is COc1ccc2c(c1)OCc1cccnc1C2(O)C1CCN(C)CC1. The number of hydrogen-bond acceptors (Lipinski definition) is 5. The molecule has 1 fully saturated rings. The molecule has 0 aliphatic carbocycles. The highest BCUT2D eigenvalue weighted by molar-refractivity contribution is 5.50. The summed E-state index contributed by atoms with van der Waals surface area (Å²) in [5.74, 6) is 1.51. The van der Waals surface area contributed by atoms with Crippen LogP contribution in [0.4, 0.5) is 0 Å². The van der Waals surface area contributed by atoms with Gasteiger partial charge < -0.3 is 19.5 Å². The fraction of sp³-hybridized carbons (Fsp3) is 0.450. The van der Waals surface area contributed by atoms with E-state index >= 15 is 0 Å². The first kappa shape index (κ1) is 16.4. The fourth-order valence-corrected chi connectivity index (χ4v) is 4.08. The van der Waals surface area contributed by atoms with Crippen LogP contribution in [0.3, 0.4) is 0 Å². The normalized spacial score (nSPS) is 24.0. The van der Waals surface area contributed by atoms with Crippen LogP contribution in [-0.2, 0) is 12.2 Å². The summed E-state index contributed by atoms with van der Waals surface area (Å²) >= 11 is 0. The van der Waals surface area contributed by atoms with E-state index in [1.807, 2.05) is 30.3 Å². The summed E-state index contributed by atoms with van der Waals surface area (Å²) < 4.78 is 11.4. The standard InChI is InChI=1S/C20H24N2O3/c1-22-10-7-15(8-11-22)20(23)17-6-5-16(24-2)12-18(17)25-13-14-4-3-9-21-19(14)20/h3-6,9,12,15,23H,7-8,10-11,13H2,1-2H3. The van der Waals surface area contributed by atoms with Crippen molar-refractivity contribution in [1.29, 1.82) is 0 Å². The minimum atomic E-state index is -1.14. The molecule has 3 heterocycles. The monoisotopic (exact) mass is 340 g/mol. The molecule has 1 saturated heterocycles. The maximum absolute atomic E-state index is 12.0. The largest absolute Gasteiger partial charge is 0.497 e. The Labute approximate surface area is 148 Å². The van der Waals surface area contributed by atoms with Crippen LogP contribution >= 0.6 is 0 Å². The fourth-order valence-electron chi connectivity index (χ4n) is 4.08. The Morgan fingerprint density at radius 3 is 2.84 bits per heavy atom. The van der Waals surface area contributed by atoms with Crippen molar-refractivity contribution in [3.63, 3.8) is 0 Å². The number of nitrogens with zero attached hydrogens (tertiary/aromatic N) is 2. The van der Waals surface area contributed by atoms with Crippen molar-refractivity contribution >= 4 is 0 Å². The van der Waals surface area contributed by atoms with Crippen molar-refractivity contribution in [3.05, 3.63) is 53.3 Å². The molecule has 5 nitrogen and oxygen atoms in total. The summed E-state index contributed by atoms with van der Waals surface area (Å²) in [6.45, 7) is 2.35. The highest BCUT2D eigenvalue weighted by Crippen LogP contribution is 2.48. The number of ether oxygens (including phenoxy) is 2. The highest BCUT2D eigenvalue weighted by atomic mass is 16.5. The molecule has 1 aromatic carbocycles. The molecule has 0 amide bonds. The first-order chi connectivity index (χ1) is 12.1. The molecule has 1 aromatic heterocycles. The molecule has 1 unspecified atom stereocenters. The summed E-state index contributed by atoms with van der Waals surface area (Å²) in [5, 5.41) is 12.0. The van der Waals surface area contributed by atoms with E-state index in [4.69, 9.17) is 9.47 Å². The minimum absolute atomic E-state index is 0.103. The molecule has 2 aliphatic rings. The van der Waals surface area contributed by atoms with Gasteiger partial charge in [0.2, 0.25) is 0 Å². The number of likely N-dealkylation sites (tertiary alicyclic amines) is 1. The van der Waals surface area contributed by atoms with Gasteiger partial charge in [-0.25, -0.2) is 0 Å². The number of aliphatic hydroxyl groups is 1. The second kappa shape index (κ2) is 6.32. The van der Waals surface area contributed by atoms with E-state index in [1.54, 1.807) is 13.3 Å². The van der Waals surface area contributed by atoms with Crippen LogP contribution in [0.25, 0.3) is 0 Å². The molecule has 0 spiro atoms. The number of hydrogen-bond donors (Lipinski definition) is 1. The summed E-state index contributed by atoms with van der Waals surface area (Å²) in [6, 6.07) is 9.56. The van der Waals surface area contributed by atoms with Gasteiger partial charge >= 0.3 is 0 Å². The molecule has 1 N–H and O–H groups in total. The number of piperidine rings is 1. The van der Waals surface area contributed by atoms with Crippen molar-refractivity contribution in [2.45, 2.75) is 25.0 Å². The topological polar surface area (TPSA) is 54.8 Å². The van der Waals surface area contributed by atoms with Crippen LogP contribution in [-0.4, -0.2) is 42.2 Å². The average Bonchev–Trinajstić information content (AvgIpc) is 2.78. The number of rotatable bonds is 2. The Morgan fingerprint density at radius 1 is 1.28 bits per heavy atom. The number of pyridine rings is 1. The first-order valence-electron chi connectivity index (χ1n) is 8.79. The van der Waals surface area contributed by atoms with Gasteiger partial charge in [0.05, 0.1) is 12.8 Å². The Balaban J connectivity index is 1.88.